The molecule has 0 spiro atoms. The molecule has 20 heavy (non-hydrogen) atoms. The predicted molar refractivity (Wildman–Crippen MR) is 82.3 cm³/mol. The number of fused-ring (bicyclic) bond motifs is 1. The summed E-state index contributed by atoms with van der Waals surface area (Å²) < 4.78 is 29.5. The molecule has 2 aromatic rings. The standard InChI is InChI=1S/C15H18O3S.Na/c1-12(2)10-11-18-19(16,17)15-9-5-7-13-6-3-4-8-14(13)15;/h3-9,12H,10-11H2,1-2H3;. The normalized spacial score (nSPS) is 11.6. The molecule has 0 aliphatic carbocycles. The monoisotopic (exact) mass is 301 g/mol. The fourth-order valence-electron chi connectivity index (χ4n) is 1.87. The largest absolute Gasteiger partial charge is 0.297 e. The van der Waals surface area contributed by atoms with Gasteiger partial charge in [-0.15, -0.1) is 0 Å². The average Bonchev–Trinajstić information content (AvgIpc) is 2.37. The van der Waals surface area contributed by atoms with Gasteiger partial charge in [-0.2, -0.15) is 8.42 Å². The van der Waals surface area contributed by atoms with E-state index < -0.39 is 10.1 Å². The Hall–Kier alpha value is -0.390. The zero-order valence-electron chi connectivity index (χ0n) is 12.2. The fourth-order valence-corrected chi connectivity index (χ4v) is 3.01. The van der Waals surface area contributed by atoms with Crippen molar-refractivity contribution in [3.05, 3.63) is 42.5 Å². The van der Waals surface area contributed by atoms with Gasteiger partial charge in [-0.3, -0.25) is 4.18 Å². The Balaban J connectivity index is 0.00000200. The number of hydrogen-bond acceptors (Lipinski definition) is 3. The summed E-state index contributed by atoms with van der Waals surface area (Å²) in [5.41, 5.74) is 0. The Morgan fingerprint density at radius 2 is 1.70 bits per heavy atom. The van der Waals surface area contributed by atoms with Crippen LogP contribution >= 0.6 is 0 Å². The van der Waals surface area contributed by atoms with Crippen molar-refractivity contribution in [1.29, 1.82) is 0 Å². The van der Waals surface area contributed by atoms with Gasteiger partial charge >= 0.3 is 0 Å². The van der Waals surface area contributed by atoms with Crippen molar-refractivity contribution in [2.75, 3.05) is 6.61 Å². The predicted octanol–water partition coefficient (Wildman–Crippen LogP) is 3.21. The third-order valence-electron chi connectivity index (χ3n) is 2.95. The Kier molecular flexibility index (Phi) is 6.69. The van der Waals surface area contributed by atoms with Crippen LogP contribution in [0.1, 0.15) is 20.3 Å². The number of rotatable bonds is 5. The van der Waals surface area contributed by atoms with Crippen LogP contribution in [0, 0.1) is 5.92 Å². The topological polar surface area (TPSA) is 43.4 Å². The molecule has 0 saturated heterocycles. The maximum Gasteiger partial charge on any atom is 0.297 e. The van der Waals surface area contributed by atoms with Crippen molar-refractivity contribution in [2.45, 2.75) is 25.2 Å². The van der Waals surface area contributed by atoms with Crippen LogP contribution in [-0.2, 0) is 14.3 Å². The summed E-state index contributed by atoms with van der Waals surface area (Å²) in [6, 6.07) is 12.6. The number of hydrogen-bond donors (Lipinski definition) is 0. The van der Waals surface area contributed by atoms with Crippen molar-refractivity contribution in [3.8, 4) is 0 Å². The molecular formula is C15H18NaO3S. The molecule has 2 rings (SSSR count). The van der Waals surface area contributed by atoms with Gasteiger partial charge in [0.2, 0.25) is 0 Å². The van der Waals surface area contributed by atoms with Gasteiger partial charge in [-0.25, -0.2) is 0 Å². The van der Waals surface area contributed by atoms with E-state index in [1.54, 1.807) is 18.2 Å². The summed E-state index contributed by atoms with van der Waals surface area (Å²) in [5.74, 6) is 0.419. The average molecular weight is 301 g/mol. The van der Waals surface area contributed by atoms with Crippen molar-refractivity contribution in [3.63, 3.8) is 0 Å². The summed E-state index contributed by atoms with van der Waals surface area (Å²) in [7, 11) is -3.68. The molecule has 2 aromatic carbocycles. The molecule has 1 radical (unpaired) electrons. The summed E-state index contributed by atoms with van der Waals surface area (Å²) in [5, 5.41) is 1.60. The van der Waals surface area contributed by atoms with Gasteiger partial charge in [-0.05, 0) is 23.8 Å². The molecule has 0 aliphatic rings. The first-order chi connectivity index (χ1) is 9.00. The Morgan fingerprint density at radius 1 is 1.05 bits per heavy atom. The SMILES string of the molecule is CC(C)CCOS(=O)(=O)c1cccc2ccccc12.[Na]. The Labute approximate surface area is 142 Å². The van der Waals surface area contributed by atoms with Crippen LogP contribution in [0.3, 0.4) is 0 Å². The van der Waals surface area contributed by atoms with E-state index in [1.807, 2.05) is 38.1 Å². The van der Waals surface area contributed by atoms with Crippen molar-refractivity contribution >= 4 is 50.4 Å². The van der Waals surface area contributed by atoms with Gasteiger partial charge in [0.25, 0.3) is 10.1 Å². The summed E-state index contributed by atoms with van der Waals surface area (Å²) in [6.45, 7) is 4.30. The Bertz CT molecular complexity index is 660. The molecule has 0 aromatic heterocycles. The summed E-state index contributed by atoms with van der Waals surface area (Å²) in [4.78, 5) is 0.245. The second-order valence-electron chi connectivity index (χ2n) is 4.94. The van der Waals surface area contributed by atoms with E-state index in [0.29, 0.717) is 11.3 Å². The van der Waals surface area contributed by atoms with Crippen molar-refractivity contribution < 1.29 is 12.6 Å². The molecule has 0 aliphatic heterocycles. The van der Waals surface area contributed by atoms with Gasteiger partial charge < -0.3 is 0 Å². The van der Waals surface area contributed by atoms with E-state index in [0.717, 1.165) is 11.8 Å². The van der Waals surface area contributed by atoms with Gasteiger partial charge in [0.05, 0.1) is 6.61 Å². The molecule has 0 bridgehead atoms. The van der Waals surface area contributed by atoms with Crippen LogP contribution < -0.4 is 0 Å². The third-order valence-corrected chi connectivity index (χ3v) is 4.32. The van der Waals surface area contributed by atoms with Crippen molar-refractivity contribution in [2.24, 2.45) is 5.92 Å². The van der Waals surface area contributed by atoms with E-state index in [4.69, 9.17) is 4.18 Å². The first-order valence-electron chi connectivity index (χ1n) is 6.38. The minimum atomic E-state index is -3.68. The molecule has 0 amide bonds. The van der Waals surface area contributed by atoms with E-state index in [9.17, 15) is 8.42 Å². The quantitative estimate of drug-likeness (QED) is 0.629. The van der Waals surface area contributed by atoms with Crippen LogP contribution in [0.4, 0.5) is 0 Å². The molecule has 0 unspecified atom stereocenters. The second kappa shape index (κ2) is 7.57. The molecule has 0 N–H and O–H groups in total. The van der Waals surface area contributed by atoms with Crippen LogP contribution in [0.15, 0.2) is 47.4 Å². The van der Waals surface area contributed by atoms with Gasteiger partial charge in [0.1, 0.15) is 4.90 Å². The van der Waals surface area contributed by atoms with Gasteiger partial charge in [-0.1, -0.05) is 50.2 Å². The molecule has 103 valence electrons. The van der Waals surface area contributed by atoms with Crippen LogP contribution in [0.5, 0.6) is 0 Å². The molecule has 3 nitrogen and oxygen atoms in total. The van der Waals surface area contributed by atoms with E-state index in [1.165, 1.54) is 0 Å². The molecule has 0 fully saturated rings. The zero-order valence-corrected chi connectivity index (χ0v) is 15.0. The van der Waals surface area contributed by atoms with Gasteiger partial charge in [0, 0.05) is 34.9 Å². The first-order valence-corrected chi connectivity index (χ1v) is 7.79. The number of benzene rings is 2. The molecular weight excluding hydrogens is 283 g/mol. The Morgan fingerprint density at radius 3 is 2.40 bits per heavy atom. The van der Waals surface area contributed by atoms with E-state index >= 15 is 0 Å². The van der Waals surface area contributed by atoms with Crippen molar-refractivity contribution in [1.82, 2.24) is 0 Å². The summed E-state index contributed by atoms with van der Waals surface area (Å²) >= 11 is 0. The first kappa shape index (κ1) is 17.7. The van der Waals surface area contributed by atoms with Crippen LogP contribution in [0.2, 0.25) is 0 Å². The molecule has 5 heteroatoms. The van der Waals surface area contributed by atoms with E-state index in [-0.39, 0.29) is 41.1 Å². The molecule has 0 atom stereocenters. The molecule has 0 saturated carbocycles. The maximum atomic E-state index is 12.2. The van der Waals surface area contributed by atoms with E-state index in [2.05, 4.69) is 0 Å². The molecule has 0 heterocycles. The third kappa shape index (κ3) is 4.30. The minimum Gasteiger partial charge on any atom is -0.266 e. The zero-order chi connectivity index (χ0) is 13.9. The van der Waals surface area contributed by atoms with Gasteiger partial charge in [0.15, 0.2) is 0 Å². The maximum absolute atomic E-state index is 12.2. The smallest absolute Gasteiger partial charge is 0.266 e. The van der Waals surface area contributed by atoms with Crippen LogP contribution in [0.25, 0.3) is 10.8 Å². The summed E-state index contributed by atoms with van der Waals surface area (Å²) in [6.07, 6.45) is 0.726. The van der Waals surface area contributed by atoms with Crippen LogP contribution in [-0.4, -0.2) is 44.6 Å². The second-order valence-corrected chi connectivity index (χ2v) is 6.52. The minimum absolute atomic E-state index is 0. The fraction of sp³-hybridized carbons (Fsp3) is 0.333.